The van der Waals surface area contributed by atoms with Crippen molar-refractivity contribution >= 4 is 5.78 Å². The number of ether oxygens (including phenoxy) is 2. The van der Waals surface area contributed by atoms with Gasteiger partial charge in [0.25, 0.3) is 0 Å². The highest BCUT2D eigenvalue weighted by Gasteiger charge is 2.20. The molecule has 0 radical (unpaired) electrons. The molecule has 0 fully saturated rings. The van der Waals surface area contributed by atoms with E-state index in [1.807, 2.05) is 0 Å². The first kappa shape index (κ1) is 12.4. The second-order valence-electron chi connectivity index (χ2n) is 3.17. The minimum Gasteiger partial charge on any atom is -0.496 e. The molecule has 3 nitrogen and oxygen atoms in total. The van der Waals surface area contributed by atoms with Crippen molar-refractivity contribution in [2.45, 2.75) is 13.3 Å². The third kappa shape index (κ3) is 2.29. The van der Waals surface area contributed by atoms with Gasteiger partial charge in [0.1, 0.15) is 11.5 Å². The number of carbonyl (C=O) groups is 1. The lowest BCUT2D eigenvalue weighted by Crippen LogP contribution is -2.11. The maximum atomic E-state index is 12.3. The zero-order valence-electron chi connectivity index (χ0n) is 9.21. The molecule has 0 N–H and O–H groups in total. The number of hydrogen-bond acceptors (Lipinski definition) is 3. The van der Waals surface area contributed by atoms with Crippen molar-refractivity contribution in [2.24, 2.45) is 0 Å². The number of rotatable bonds is 4. The Labute approximate surface area is 92.0 Å². The van der Waals surface area contributed by atoms with Crippen LogP contribution in [0.3, 0.4) is 0 Å². The molecule has 0 atom stereocenters. The van der Waals surface area contributed by atoms with E-state index in [1.54, 1.807) is 6.92 Å². The molecule has 1 rings (SSSR count). The van der Waals surface area contributed by atoms with Crippen molar-refractivity contribution < 1.29 is 23.0 Å². The molecule has 0 unspecified atom stereocenters. The standard InChI is InChI=1S/C11H12F2O3/c1-6-8(15-2)4-7(5-9(6)16-3)10(14)11(12)13/h4-5,11H,1-3H3. The fraction of sp³-hybridized carbons (Fsp3) is 0.364. The van der Waals surface area contributed by atoms with Gasteiger partial charge in [-0.05, 0) is 19.1 Å². The quantitative estimate of drug-likeness (QED) is 0.745. The van der Waals surface area contributed by atoms with Gasteiger partial charge in [0.05, 0.1) is 14.2 Å². The van der Waals surface area contributed by atoms with E-state index in [2.05, 4.69) is 0 Å². The van der Waals surface area contributed by atoms with Crippen LogP contribution in [0.1, 0.15) is 15.9 Å². The van der Waals surface area contributed by atoms with Crippen LogP contribution < -0.4 is 9.47 Å². The van der Waals surface area contributed by atoms with Crippen LogP contribution in [-0.2, 0) is 0 Å². The van der Waals surface area contributed by atoms with Gasteiger partial charge >= 0.3 is 6.43 Å². The molecule has 0 aliphatic heterocycles. The van der Waals surface area contributed by atoms with E-state index in [4.69, 9.17) is 9.47 Å². The molecule has 16 heavy (non-hydrogen) atoms. The molecule has 0 heterocycles. The highest BCUT2D eigenvalue weighted by atomic mass is 19.3. The molecule has 0 amide bonds. The molecule has 5 heteroatoms. The summed E-state index contributed by atoms with van der Waals surface area (Å²) in [6.45, 7) is 1.72. The lowest BCUT2D eigenvalue weighted by molar-refractivity contribution is 0.0678. The van der Waals surface area contributed by atoms with Crippen molar-refractivity contribution in [1.29, 1.82) is 0 Å². The second-order valence-corrected chi connectivity index (χ2v) is 3.17. The van der Waals surface area contributed by atoms with E-state index < -0.39 is 12.2 Å². The van der Waals surface area contributed by atoms with Crippen LogP contribution in [0, 0.1) is 6.92 Å². The molecule has 0 saturated heterocycles. The van der Waals surface area contributed by atoms with E-state index >= 15 is 0 Å². The van der Waals surface area contributed by atoms with E-state index in [0.29, 0.717) is 17.1 Å². The summed E-state index contributed by atoms with van der Waals surface area (Å²) in [5.41, 5.74) is 0.546. The fourth-order valence-electron chi connectivity index (χ4n) is 1.35. The van der Waals surface area contributed by atoms with Crippen molar-refractivity contribution in [2.75, 3.05) is 14.2 Å². The minimum absolute atomic E-state index is 0.116. The van der Waals surface area contributed by atoms with Crippen molar-refractivity contribution in [1.82, 2.24) is 0 Å². The van der Waals surface area contributed by atoms with Crippen LogP contribution >= 0.6 is 0 Å². The predicted molar refractivity (Wildman–Crippen MR) is 54.6 cm³/mol. The van der Waals surface area contributed by atoms with Gasteiger partial charge < -0.3 is 9.47 Å². The first-order valence-electron chi connectivity index (χ1n) is 4.56. The van der Waals surface area contributed by atoms with Crippen LogP contribution in [-0.4, -0.2) is 26.4 Å². The molecule has 0 bridgehead atoms. The Bertz CT molecular complexity index is 377. The van der Waals surface area contributed by atoms with Crippen molar-refractivity contribution in [3.63, 3.8) is 0 Å². The van der Waals surface area contributed by atoms with E-state index in [9.17, 15) is 13.6 Å². The van der Waals surface area contributed by atoms with Gasteiger partial charge in [-0.15, -0.1) is 0 Å². The SMILES string of the molecule is COc1cc(C(=O)C(F)F)cc(OC)c1C. The zero-order valence-corrected chi connectivity index (χ0v) is 9.21. The molecule has 0 saturated carbocycles. The number of ketones is 1. The average molecular weight is 230 g/mol. The minimum atomic E-state index is -3.03. The normalized spacial score (nSPS) is 10.4. The molecule has 0 aliphatic rings. The van der Waals surface area contributed by atoms with E-state index in [1.165, 1.54) is 26.4 Å². The van der Waals surface area contributed by atoms with Gasteiger partial charge in [0.15, 0.2) is 0 Å². The highest BCUT2D eigenvalue weighted by Crippen LogP contribution is 2.30. The first-order chi connectivity index (χ1) is 7.51. The summed E-state index contributed by atoms with van der Waals surface area (Å²) in [5, 5.41) is 0. The first-order valence-corrected chi connectivity index (χ1v) is 4.56. The number of alkyl halides is 2. The van der Waals surface area contributed by atoms with Gasteiger partial charge in [0, 0.05) is 11.1 Å². The molecule has 0 aromatic heterocycles. The van der Waals surface area contributed by atoms with Gasteiger partial charge in [-0.1, -0.05) is 0 Å². The summed E-state index contributed by atoms with van der Waals surface area (Å²) >= 11 is 0. The Morgan fingerprint density at radius 2 is 1.62 bits per heavy atom. The monoisotopic (exact) mass is 230 g/mol. The molecular weight excluding hydrogens is 218 g/mol. The number of carbonyl (C=O) groups excluding carboxylic acids is 1. The molecule has 88 valence electrons. The van der Waals surface area contributed by atoms with E-state index in [-0.39, 0.29) is 5.56 Å². The van der Waals surface area contributed by atoms with Gasteiger partial charge in [-0.3, -0.25) is 4.79 Å². The second kappa shape index (κ2) is 4.92. The van der Waals surface area contributed by atoms with Gasteiger partial charge in [-0.25, -0.2) is 8.78 Å². The summed E-state index contributed by atoms with van der Waals surface area (Å²) in [7, 11) is 2.80. The van der Waals surface area contributed by atoms with Gasteiger partial charge in [0.2, 0.25) is 5.78 Å². The predicted octanol–water partition coefficient (Wildman–Crippen LogP) is 2.46. The van der Waals surface area contributed by atoms with Crippen LogP contribution in [0.25, 0.3) is 0 Å². The summed E-state index contributed by atoms with van der Waals surface area (Å²) in [5.74, 6) is -0.539. The lowest BCUT2D eigenvalue weighted by atomic mass is 10.1. The Morgan fingerprint density at radius 1 is 1.19 bits per heavy atom. The van der Waals surface area contributed by atoms with Crippen LogP contribution in [0.4, 0.5) is 8.78 Å². The van der Waals surface area contributed by atoms with Crippen molar-refractivity contribution in [3.05, 3.63) is 23.3 Å². The molecular formula is C11H12F2O3. The third-order valence-electron chi connectivity index (χ3n) is 2.23. The smallest absolute Gasteiger partial charge is 0.300 e. The largest absolute Gasteiger partial charge is 0.496 e. The molecule has 1 aromatic rings. The number of halogens is 2. The summed E-state index contributed by atoms with van der Waals surface area (Å²) in [6, 6.07) is 2.57. The fourth-order valence-corrected chi connectivity index (χ4v) is 1.35. The highest BCUT2D eigenvalue weighted by molar-refractivity contribution is 5.99. The number of benzene rings is 1. The van der Waals surface area contributed by atoms with E-state index in [0.717, 1.165) is 0 Å². The average Bonchev–Trinajstić information content (AvgIpc) is 2.28. The molecule has 0 spiro atoms. The Morgan fingerprint density at radius 3 is 1.94 bits per heavy atom. The number of methoxy groups -OCH3 is 2. The lowest BCUT2D eigenvalue weighted by Gasteiger charge is -2.11. The molecule has 1 aromatic carbocycles. The van der Waals surface area contributed by atoms with Crippen LogP contribution in [0.2, 0.25) is 0 Å². The summed E-state index contributed by atoms with van der Waals surface area (Å²) in [4.78, 5) is 11.1. The number of Topliss-reactive ketones (excluding diaryl/α,β-unsaturated/α-hetero) is 1. The maximum absolute atomic E-state index is 12.3. The zero-order chi connectivity index (χ0) is 12.3. The Hall–Kier alpha value is -1.65. The topological polar surface area (TPSA) is 35.5 Å². The Balaban J connectivity index is 3.27. The van der Waals surface area contributed by atoms with Gasteiger partial charge in [-0.2, -0.15) is 0 Å². The summed E-state index contributed by atoms with van der Waals surface area (Å²) in [6.07, 6.45) is -3.03. The molecule has 0 aliphatic carbocycles. The summed E-state index contributed by atoms with van der Waals surface area (Å²) < 4.78 is 34.5. The van der Waals surface area contributed by atoms with Crippen LogP contribution in [0.5, 0.6) is 11.5 Å². The number of hydrogen-bond donors (Lipinski definition) is 0. The van der Waals surface area contributed by atoms with Crippen LogP contribution in [0.15, 0.2) is 12.1 Å². The third-order valence-corrected chi connectivity index (χ3v) is 2.23. The van der Waals surface area contributed by atoms with Crippen molar-refractivity contribution in [3.8, 4) is 11.5 Å². The maximum Gasteiger partial charge on any atom is 0.300 e. The Kier molecular flexibility index (Phi) is 3.82.